The number of carbonyl (C=O) groups is 1. The maximum absolute atomic E-state index is 12.1. The molecule has 6 heteroatoms. The maximum atomic E-state index is 12.1. The van der Waals surface area contributed by atoms with E-state index in [9.17, 15) is 13.6 Å². The Balaban J connectivity index is 2.68. The molecule has 0 bridgehead atoms. The first-order chi connectivity index (χ1) is 7.00. The summed E-state index contributed by atoms with van der Waals surface area (Å²) in [6.45, 7) is 1.52. The van der Waals surface area contributed by atoms with Crippen LogP contribution in [0.4, 0.5) is 8.78 Å². The van der Waals surface area contributed by atoms with Gasteiger partial charge in [-0.1, -0.05) is 6.92 Å². The molecule has 1 rings (SSSR count). The van der Waals surface area contributed by atoms with Crippen molar-refractivity contribution in [3.63, 3.8) is 0 Å². The first kappa shape index (κ1) is 11.5. The third-order valence-corrected chi connectivity index (χ3v) is 1.89. The zero-order chi connectivity index (χ0) is 11.4. The molecule has 1 aromatic rings. The average molecular weight is 216 g/mol. The van der Waals surface area contributed by atoms with Gasteiger partial charge in [0.1, 0.15) is 5.69 Å². The van der Waals surface area contributed by atoms with E-state index >= 15 is 0 Å². The molecule has 15 heavy (non-hydrogen) atoms. The molecule has 0 aromatic carbocycles. The third-order valence-electron chi connectivity index (χ3n) is 1.89. The number of aromatic nitrogens is 2. The molecule has 1 N–H and O–H groups in total. The Bertz CT molecular complexity index is 340. The fraction of sp³-hybridized carbons (Fsp3) is 0.444. The molecule has 0 saturated heterocycles. The summed E-state index contributed by atoms with van der Waals surface area (Å²) in [7, 11) is 0. The molecule has 1 aromatic heterocycles. The summed E-state index contributed by atoms with van der Waals surface area (Å²) in [6, 6.07) is 0. The molecule has 1 unspecified atom stereocenters. The number of alkyl halides is 2. The zero-order valence-corrected chi connectivity index (χ0v) is 8.02. The lowest BCUT2D eigenvalue weighted by atomic mass is 10.1. The SMILES string of the molecule is CC(Cc1cnc(C(F)F)cn1)C(=O)O. The number of carboxylic acids is 1. The summed E-state index contributed by atoms with van der Waals surface area (Å²) in [4.78, 5) is 17.7. The Morgan fingerprint density at radius 2 is 2.13 bits per heavy atom. The molecule has 0 aliphatic carbocycles. The summed E-state index contributed by atoms with van der Waals surface area (Å²) < 4.78 is 24.2. The molecule has 0 saturated carbocycles. The van der Waals surface area contributed by atoms with Gasteiger partial charge in [0.2, 0.25) is 0 Å². The monoisotopic (exact) mass is 216 g/mol. The highest BCUT2D eigenvalue weighted by atomic mass is 19.3. The second-order valence-electron chi connectivity index (χ2n) is 3.18. The number of hydrogen-bond donors (Lipinski definition) is 1. The van der Waals surface area contributed by atoms with Crippen molar-refractivity contribution in [3.05, 3.63) is 23.8 Å². The van der Waals surface area contributed by atoms with Crippen LogP contribution in [0.2, 0.25) is 0 Å². The van der Waals surface area contributed by atoms with Crippen molar-refractivity contribution >= 4 is 5.97 Å². The van der Waals surface area contributed by atoms with E-state index in [4.69, 9.17) is 5.11 Å². The predicted molar refractivity (Wildman–Crippen MR) is 47.5 cm³/mol. The van der Waals surface area contributed by atoms with Crippen LogP contribution in [0.25, 0.3) is 0 Å². The van der Waals surface area contributed by atoms with Crippen LogP contribution in [0, 0.1) is 5.92 Å². The number of nitrogens with zero attached hydrogens (tertiary/aromatic N) is 2. The van der Waals surface area contributed by atoms with E-state index < -0.39 is 24.0 Å². The first-order valence-corrected chi connectivity index (χ1v) is 4.32. The standard InChI is InChI=1S/C9H10F2N2O2/c1-5(9(14)15)2-6-3-13-7(4-12-6)8(10)11/h3-5,8H,2H2,1H3,(H,14,15). The van der Waals surface area contributed by atoms with E-state index in [2.05, 4.69) is 9.97 Å². The normalized spacial score (nSPS) is 12.8. The summed E-state index contributed by atoms with van der Waals surface area (Å²) in [5.41, 5.74) is -0.00368. The van der Waals surface area contributed by atoms with Crippen molar-refractivity contribution in [1.82, 2.24) is 9.97 Å². The molecule has 1 heterocycles. The minimum absolute atomic E-state index is 0.186. The van der Waals surface area contributed by atoms with Crippen LogP contribution in [0.1, 0.15) is 24.7 Å². The van der Waals surface area contributed by atoms with E-state index in [1.165, 1.54) is 13.1 Å². The highest BCUT2D eigenvalue weighted by Crippen LogP contribution is 2.15. The predicted octanol–water partition coefficient (Wildman–Crippen LogP) is 1.68. The van der Waals surface area contributed by atoms with Gasteiger partial charge in [0.05, 0.1) is 17.8 Å². The van der Waals surface area contributed by atoms with Gasteiger partial charge in [-0.2, -0.15) is 0 Å². The minimum atomic E-state index is -2.65. The van der Waals surface area contributed by atoms with Crippen molar-refractivity contribution < 1.29 is 18.7 Å². The van der Waals surface area contributed by atoms with Gasteiger partial charge < -0.3 is 5.11 Å². The van der Waals surface area contributed by atoms with Crippen molar-refractivity contribution in [2.45, 2.75) is 19.8 Å². The molecule has 0 spiro atoms. The molecule has 1 atom stereocenters. The van der Waals surface area contributed by atoms with Gasteiger partial charge >= 0.3 is 5.97 Å². The fourth-order valence-corrected chi connectivity index (χ4v) is 0.984. The Morgan fingerprint density at radius 3 is 2.53 bits per heavy atom. The lowest BCUT2D eigenvalue weighted by Gasteiger charge is -2.05. The molecule has 0 radical (unpaired) electrons. The molecule has 0 aliphatic heterocycles. The van der Waals surface area contributed by atoms with Crippen molar-refractivity contribution in [3.8, 4) is 0 Å². The van der Waals surface area contributed by atoms with E-state index in [1.54, 1.807) is 0 Å². The summed E-state index contributed by atoms with van der Waals surface area (Å²) in [5.74, 6) is -1.55. The van der Waals surface area contributed by atoms with Crippen LogP contribution in [0.15, 0.2) is 12.4 Å². The Labute approximate surface area is 85.0 Å². The van der Waals surface area contributed by atoms with Crippen molar-refractivity contribution in [2.24, 2.45) is 5.92 Å². The lowest BCUT2D eigenvalue weighted by molar-refractivity contribution is -0.141. The van der Waals surface area contributed by atoms with Gasteiger partial charge in [-0.25, -0.2) is 8.78 Å². The second kappa shape index (κ2) is 4.77. The molecule has 4 nitrogen and oxygen atoms in total. The Kier molecular flexibility index (Phi) is 3.65. The van der Waals surface area contributed by atoms with Crippen LogP contribution in [0.5, 0.6) is 0 Å². The summed E-state index contributed by atoms with van der Waals surface area (Å²) in [5, 5.41) is 8.62. The van der Waals surface area contributed by atoms with E-state index in [0.29, 0.717) is 5.69 Å². The number of aliphatic carboxylic acids is 1. The number of rotatable bonds is 4. The van der Waals surface area contributed by atoms with Gasteiger partial charge in [0, 0.05) is 12.6 Å². The smallest absolute Gasteiger partial charge is 0.306 e. The highest BCUT2D eigenvalue weighted by molar-refractivity contribution is 5.69. The van der Waals surface area contributed by atoms with Crippen LogP contribution in [-0.4, -0.2) is 21.0 Å². The first-order valence-electron chi connectivity index (χ1n) is 4.32. The molecular weight excluding hydrogens is 206 g/mol. The Hall–Kier alpha value is -1.59. The average Bonchev–Trinajstić information content (AvgIpc) is 2.18. The van der Waals surface area contributed by atoms with Gasteiger partial charge in [0.25, 0.3) is 6.43 Å². The van der Waals surface area contributed by atoms with Crippen molar-refractivity contribution in [2.75, 3.05) is 0 Å². The maximum Gasteiger partial charge on any atom is 0.306 e. The molecule has 0 aliphatic rings. The minimum Gasteiger partial charge on any atom is -0.481 e. The second-order valence-corrected chi connectivity index (χ2v) is 3.18. The number of carboxylic acid groups (broad SMARTS) is 1. The molecular formula is C9H10F2N2O2. The Morgan fingerprint density at radius 1 is 1.47 bits per heavy atom. The highest BCUT2D eigenvalue weighted by Gasteiger charge is 2.14. The van der Waals surface area contributed by atoms with Gasteiger partial charge in [-0.3, -0.25) is 14.8 Å². The third kappa shape index (κ3) is 3.23. The molecule has 0 fully saturated rings. The summed E-state index contributed by atoms with van der Waals surface area (Å²) >= 11 is 0. The summed E-state index contributed by atoms with van der Waals surface area (Å²) in [6.07, 6.45) is -0.315. The zero-order valence-electron chi connectivity index (χ0n) is 8.02. The van der Waals surface area contributed by atoms with Crippen LogP contribution in [0.3, 0.4) is 0 Å². The van der Waals surface area contributed by atoms with Crippen molar-refractivity contribution in [1.29, 1.82) is 0 Å². The van der Waals surface area contributed by atoms with Crippen LogP contribution < -0.4 is 0 Å². The van der Waals surface area contributed by atoms with Gasteiger partial charge in [0.15, 0.2) is 0 Å². The topological polar surface area (TPSA) is 63.1 Å². The van der Waals surface area contributed by atoms with Crippen LogP contribution in [-0.2, 0) is 11.2 Å². The number of halogens is 2. The van der Waals surface area contributed by atoms with E-state index in [1.807, 2.05) is 0 Å². The fourth-order valence-electron chi connectivity index (χ4n) is 0.984. The van der Waals surface area contributed by atoms with Gasteiger partial charge in [-0.15, -0.1) is 0 Å². The largest absolute Gasteiger partial charge is 0.481 e. The van der Waals surface area contributed by atoms with Gasteiger partial charge in [-0.05, 0) is 0 Å². The van der Waals surface area contributed by atoms with Crippen LogP contribution >= 0.6 is 0 Å². The molecule has 82 valence electrons. The molecule has 0 amide bonds. The van der Waals surface area contributed by atoms with E-state index in [-0.39, 0.29) is 6.42 Å². The van der Waals surface area contributed by atoms with E-state index in [0.717, 1.165) is 6.20 Å². The lowest BCUT2D eigenvalue weighted by Crippen LogP contribution is -2.13. The quantitative estimate of drug-likeness (QED) is 0.831. The number of hydrogen-bond acceptors (Lipinski definition) is 3.